The van der Waals surface area contributed by atoms with E-state index in [1.54, 1.807) is 24.3 Å². The normalized spacial score (nSPS) is 9.87. The van der Waals surface area contributed by atoms with Crippen LogP contribution in [0.25, 0.3) is 43.1 Å². The van der Waals surface area contributed by atoms with Crippen LogP contribution < -0.4 is 0 Å². The van der Waals surface area contributed by atoms with E-state index in [0.29, 0.717) is 0 Å². The van der Waals surface area contributed by atoms with Crippen molar-refractivity contribution < 1.29 is 26.2 Å². The summed E-state index contributed by atoms with van der Waals surface area (Å²) in [6.07, 6.45) is 0. The van der Waals surface area contributed by atoms with Crippen molar-refractivity contribution in [1.82, 2.24) is 0 Å². The molecule has 0 bridgehead atoms. The minimum atomic E-state index is 0. The van der Waals surface area contributed by atoms with E-state index in [9.17, 15) is 0 Å². The molecule has 0 spiro atoms. The molecule has 0 unspecified atom stereocenters. The van der Waals surface area contributed by atoms with E-state index in [4.69, 9.17) is 11.6 Å². The summed E-state index contributed by atoms with van der Waals surface area (Å²) >= 11 is 5.52. The zero-order valence-electron chi connectivity index (χ0n) is 22.4. The van der Waals surface area contributed by atoms with Gasteiger partial charge in [-0.05, 0) is 13.8 Å². The van der Waals surface area contributed by atoms with E-state index in [1.165, 1.54) is 54.2 Å². The van der Waals surface area contributed by atoms with Crippen molar-refractivity contribution in [1.29, 1.82) is 0 Å². The zero-order valence-corrected chi connectivity index (χ0v) is 25.6. The molecule has 192 valence electrons. The molecule has 0 amide bonds. The number of hydrogen-bond acceptors (Lipinski definition) is 0. The number of aryl methyl sites for hydroxylation is 2. The first-order valence-electron chi connectivity index (χ1n) is 11.8. The second kappa shape index (κ2) is 14.2. The second-order valence-electron chi connectivity index (χ2n) is 8.76. The molecule has 7 aromatic carbocycles. The van der Waals surface area contributed by atoms with Crippen LogP contribution in [-0.2, 0) is 26.2 Å². The number of hydrogen-bond donors (Lipinski definition) is 0. The van der Waals surface area contributed by atoms with Gasteiger partial charge in [-0.25, -0.2) is 0 Å². The zero-order chi connectivity index (χ0) is 24.2. The first kappa shape index (κ1) is 31.2. The van der Waals surface area contributed by atoms with Crippen molar-refractivity contribution in [3.63, 3.8) is 0 Å². The van der Waals surface area contributed by atoms with Crippen molar-refractivity contribution in [3.8, 4) is 0 Å². The van der Waals surface area contributed by atoms with Crippen LogP contribution in [0.4, 0.5) is 0 Å². The summed E-state index contributed by atoms with van der Waals surface area (Å²) in [5.74, 6) is 0. The third kappa shape index (κ3) is 6.71. The summed E-state index contributed by atoms with van der Waals surface area (Å²) in [4.78, 5) is 0. The van der Waals surface area contributed by atoms with Crippen LogP contribution in [0.15, 0.2) is 121 Å². The number of halogens is 1. The van der Waals surface area contributed by atoms with Gasteiger partial charge in [0.1, 0.15) is 0 Å². The van der Waals surface area contributed by atoms with Crippen LogP contribution in [0.2, 0.25) is 5.02 Å². The summed E-state index contributed by atoms with van der Waals surface area (Å²) in [6, 6.07) is 44.6. The fourth-order valence-electron chi connectivity index (χ4n) is 4.76. The van der Waals surface area contributed by atoms with Crippen LogP contribution in [-0.4, -0.2) is 0 Å². The van der Waals surface area contributed by atoms with Crippen molar-refractivity contribution in [2.75, 3.05) is 0 Å². The predicted octanol–water partition coefficient (Wildman–Crippen LogP) is 11.1. The van der Waals surface area contributed by atoms with Crippen molar-refractivity contribution >= 4 is 54.7 Å². The Hall–Kier alpha value is -2.99. The summed E-state index contributed by atoms with van der Waals surface area (Å²) in [5, 5.41) is 11.7. The van der Waals surface area contributed by atoms with Crippen LogP contribution in [0.5, 0.6) is 0 Å². The maximum atomic E-state index is 5.52. The molecule has 0 nitrogen and oxygen atoms in total. The van der Waals surface area contributed by atoms with Crippen LogP contribution in [0.1, 0.15) is 11.1 Å². The molecule has 7 aromatic rings. The van der Waals surface area contributed by atoms with Crippen molar-refractivity contribution in [2.45, 2.75) is 13.8 Å². The SMILES string of the molecule is Cc1cccc2[cH-]c3ccccc3c12.Cc1cccc2[cH-]c3ccccc3c12.Clc1cc[c-]cc1.[CH3-].[CH3-].[Zr]. The van der Waals surface area contributed by atoms with Gasteiger partial charge in [0.25, 0.3) is 0 Å². The van der Waals surface area contributed by atoms with Crippen LogP contribution in [0, 0.1) is 34.8 Å². The summed E-state index contributed by atoms with van der Waals surface area (Å²) in [7, 11) is 0. The van der Waals surface area contributed by atoms with E-state index in [2.05, 4.69) is 117 Å². The maximum absolute atomic E-state index is 5.52. The Morgan fingerprint density at radius 2 is 0.921 bits per heavy atom. The van der Waals surface area contributed by atoms with E-state index in [1.807, 2.05) is 0 Å². The molecule has 0 saturated heterocycles. The molecule has 0 N–H and O–H groups in total. The number of benzene rings is 5. The number of rotatable bonds is 0. The Morgan fingerprint density at radius 3 is 1.32 bits per heavy atom. The summed E-state index contributed by atoms with van der Waals surface area (Å²) in [5.41, 5.74) is 2.73. The maximum Gasteiger partial charge on any atom is 0 e. The van der Waals surface area contributed by atoms with Gasteiger partial charge in [-0.15, -0.1) is 91.1 Å². The topological polar surface area (TPSA) is 0 Å². The minimum absolute atomic E-state index is 0. The molecule has 7 rings (SSSR count). The number of fused-ring (bicyclic) bond motifs is 6. The fraction of sp³-hybridized carbons (Fsp3) is 0.0556. The van der Waals surface area contributed by atoms with Gasteiger partial charge in [-0.3, -0.25) is 0 Å². The first-order chi connectivity index (χ1) is 17.1. The molecule has 38 heavy (non-hydrogen) atoms. The average molecular weight is 591 g/mol. The fourth-order valence-corrected chi connectivity index (χ4v) is 4.89. The second-order valence-corrected chi connectivity index (χ2v) is 9.20. The molecule has 0 aliphatic carbocycles. The Labute approximate surface area is 251 Å². The molecule has 0 aromatic heterocycles. The molecular weight excluding hydrogens is 559 g/mol. The summed E-state index contributed by atoms with van der Waals surface area (Å²) < 4.78 is 0. The summed E-state index contributed by atoms with van der Waals surface area (Å²) in [6.45, 7) is 4.35. The van der Waals surface area contributed by atoms with Gasteiger partial charge in [0.15, 0.2) is 0 Å². The van der Waals surface area contributed by atoms with E-state index < -0.39 is 0 Å². The standard InChI is InChI=1S/2C14H11.C6H4Cl.2CH3.Zr/c2*1-10-5-4-7-12-9-11-6-2-3-8-13(11)14(10)12;7-6-4-2-1-3-5-6;;;/h2*2-9H,1H3;2-5H;2*1H3;/q5*-1;. The Bertz CT molecular complexity index is 1610. The third-order valence-electron chi connectivity index (χ3n) is 6.37. The van der Waals surface area contributed by atoms with E-state index >= 15 is 0 Å². The van der Waals surface area contributed by atoms with Crippen molar-refractivity contribution in [3.05, 3.63) is 158 Å². The van der Waals surface area contributed by atoms with Crippen LogP contribution in [0.3, 0.4) is 0 Å². The first-order valence-corrected chi connectivity index (χ1v) is 12.2. The molecule has 0 atom stereocenters. The molecule has 0 radical (unpaired) electrons. The monoisotopic (exact) mass is 589 g/mol. The Balaban J connectivity index is 0.000000203. The largest absolute Gasteiger partial charge is 0.358 e. The van der Waals surface area contributed by atoms with E-state index in [-0.39, 0.29) is 41.1 Å². The van der Waals surface area contributed by atoms with Gasteiger partial charge in [-0.1, -0.05) is 76.8 Å². The van der Waals surface area contributed by atoms with Gasteiger partial charge in [-0.2, -0.15) is 30.3 Å². The molecule has 0 saturated carbocycles. The smallest absolute Gasteiger partial charge is 0 e. The minimum Gasteiger partial charge on any atom is -0.358 e. The molecule has 0 heterocycles. The van der Waals surface area contributed by atoms with Gasteiger partial charge < -0.3 is 14.9 Å². The molecule has 2 heteroatoms. The van der Waals surface area contributed by atoms with Crippen molar-refractivity contribution in [2.24, 2.45) is 0 Å². The Kier molecular flexibility index (Phi) is 11.7. The molecular formula is C36H32ClZr-5. The predicted molar refractivity (Wildman–Crippen MR) is 167 cm³/mol. The van der Waals surface area contributed by atoms with Gasteiger partial charge in [0.05, 0.1) is 0 Å². The molecule has 0 fully saturated rings. The average Bonchev–Trinajstić information content (AvgIpc) is 3.45. The van der Waals surface area contributed by atoms with Crippen LogP contribution >= 0.6 is 11.6 Å². The third-order valence-corrected chi connectivity index (χ3v) is 6.62. The van der Waals surface area contributed by atoms with Gasteiger partial charge >= 0.3 is 0 Å². The van der Waals surface area contributed by atoms with Gasteiger partial charge in [0.2, 0.25) is 0 Å². The molecule has 0 aliphatic rings. The quantitative estimate of drug-likeness (QED) is 0.154. The van der Waals surface area contributed by atoms with Gasteiger partial charge in [0, 0.05) is 26.2 Å². The van der Waals surface area contributed by atoms with E-state index in [0.717, 1.165) is 5.02 Å². The molecule has 0 aliphatic heterocycles. The Morgan fingerprint density at radius 1 is 0.526 bits per heavy atom.